The number of sulfonamides is 1. The van der Waals surface area contributed by atoms with E-state index in [1.54, 1.807) is 19.1 Å². The Bertz CT molecular complexity index is 1100. The van der Waals surface area contributed by atoms with Crippen LogP contribution in [0.4, 0.5) is 5.69 Å². The van der Waals surface area contributed by atoms with Crippen LogP contribution < -0.4 is 5.32 Å². The molecular formula is C20H21N3O4S2. The van der Waals surface area contributed by atoms with Gasteiger partial charge in [-0.25, -0.2) is 13.4 Å². The third-order valence-corrected chi connectivity index (χ3v) is 7.56. The fourth-order valence-corrected chi connectivity index (χ4v) is 5.41. The minimum atomic E-state index is -3.46. The predicted molar refractivity (Wildman–Crippen MR) is 111 cm³/mol. The molecule has 29 heavy (non-hydrogen) atoms. The normalized spacial score (nSPS) is 14.9. The van der Waals surface area contributed by atoms with Crippen molar-refractivity contribution in [1.82, 2.24) is 9.29 Å². The molecule has 1 fully saturated rings. The third-order valence-electron chi connectivity index (χ3n) is 4.79. The molecule has 7 nitrogen and oxygen atoms in total. The van der Waals surface area contributed by atoms with Crippen molar-refractivity contribution >= 4 is 33.0 Å². The first kappa shape index (κ1) is 19.8. The molecular weight excluding hydrogens is 410 g/mol. The van der Waals surface area contributed by atoms with Gasteiger partial charge in [-0.05, 0) is 55.5 Å². The second kappa shape index (κ2) is 8.10. The summed E-state index contributed by atoms with van der Waals surface area (Å²) in [6, 6.07) is 10.1. The van der Waals surface area contributed by atoms with Crippen molar-refractivity contribution in [3.05, 3.63) is 53.2 Å². The number of carbonyl (C=O) groups excluding carboxylic acids is 1. The molecule has 1 aromatic carbocycles. The van der Waals surface area contributed by atoms with E-state index >= 15 is 0 Å². The highest BCUT2D eigenvalue weighted by molar-refractivity contribution is 7.89. The van der Waals surface area contributed by atoms with Gasteiger partial charge in [0.05, 0.1) is 21.9 Å². The average molecular weight is 432 g/mol. The molecule has 152 valence electrons. The Morgan fingerprint density at radius 2 is 1.93 bits per heavy atom. The molecule has 3 heterocycles. The van der Waals surface area contributed by atoms with Gasteiger partial charge in [0, 0.05) is 18.8 Å². The number of hydrogen-bond donors (Lipinski definition) is 1. The van der Waals surface area contributed by atoms with Crippen LogP contribution in [-0.2, 0) is 21.2 Å². The first-order chi connectivity index (χ1) is 13.9. The number of thiophene rings is 1. The number of benzene rings is 1. The lowest BCUT2D eigenvalue weighted by molar-refractivity contribution is -0.115. The lowest BCUT2D eigenvalue weighted by Crippen LogP contribution is -2.27. The van der Waals surface area contributed by atoms with Crippen LogP contribution in [-0.4, -0.2) is 36.7 Å². The maximum absolute atomic E-state index is 12.6. The van der Waals surface area contributed by atoms with E-state index in [1.807, 2.05) is 17.5 Å². The second-order valence-electron chi connectivity index (χ2n) is 6.86. The van der Waals surface area contributed by atoms with Crippen LogP contribution in [0.25, 0.3) is 10.8 Å². The summed E-state index contributed by atoms with van der Waals surface area (Å²) in [5, 5.41) is 4.72. The fourth-order valence-electron chi connectivity index (χ4n) is 3.24. The van der Waals surface area contributed by atoms with Crippen LogP contribution in [0.3, 0.4) is 0 Å². The Hall–Kier alpha value is -2.49. The van der Waals surface area contributed by atoms with Gasteiger partial charge >= 0.3 is 0 Å². The summed E-state index contributed by atoms with van der Waals surface area (Å²) >= 11 is 1.52. The monoisotopic (exact) mass is 431 g/mol. The van der Waals surface area contributed by atoms with Gasteiger partial charge in [-0.2, -0.15) is 4.31 Å². The highest BCUT2D eigenvalue weighted by Crippen LogP contribution is 2.26. The number of nitrogens with one attached hydrogen (secondary N) is 1. The average Bonchev–Trinajstić information content (AvgIpc) is 3.45. The summed E-state index contributed by atoms with van der Waals surface area (Å²) in [5.74, 6) is 0.877. The van der Waals surface area contributed by atoms with Crippen molar-refractivity contribution in [2.24, 2.45) is 0 Å². The van der Waals surface area contributed by atoms with Crippen molar-refractivity contribution in [3.63, 3.8) is 0 Å². The van der Waals surface area contributed by atoms with E-state index in [1.165, 1.54) is 27.8 Å². The van der Waals surface area contributed by atoms with Crippen LogP contribution in [0, 0.1) is 6.92 Å². The number of hydrogen-bond acceptors (Lipinski definition) is 6. The zero-order valence-corrected chi connectivity index (χ0v) is 17.6. The van der Waals surface area contributed by atoms with Crippen molar-refractivity contribution in [1.29, 1.82) is 0 Å². The number of aryl methyl sites for hydroxylation is 1. The number of nitrogens with zero attached hydrogens (tertiary/aromatic N) is 2. The van der Waals surface area contributed by atoms with E-state index in [9.17, 15) is 13.2 Å². The molecule has 1 N–H and O–H groups in total. The first-order valence-corrected chi connectivity index (χ1v) is 11.7. The van der Waals surface area contributed by atoms with Crippen LogP contribution in [0.5, 0.6) is 0 Å². The zero-order chi connectivity index (χ0) is 20.4. The molecule has 0 aliphatic carbocycles. The Balaban J connectivity index is 1.41. The Morgan fingerprint density at radius 3 is 2.59 bits per heavy atom. The number of anilines is 1. The van der Waals surface area contributed by atoms with Gasteiger partial charge in [-0.3, -0.25) is 4.79 Å². The summed E-state index contributed by atoms with van der Waals surface area (Å²) in [6.07, 6.45) is 1.86. The van der Waals surface area contributed by atoms with Crippen LogP contribution >= 0.6 is 11.3 Å². The Kier molecular flexibility index (Phi) is 5.53. The minimum absolute atomic E-state index is 0.0779. The quantitative estimate of drug-likeness (QED) is 0.643. The van der Waals surface area contributed by atoms with Gasteiger partial charge in [-0.15, -0.1) is 11.3 Å². The predicted octanol–water partition coefficient (Wildman–Crippen LogP) is 3.68. The number of rotatable bonds is 6. The smallest absolute Gasteiger partial charge is 0.243 e. The Morgan fingerprint density at radius 1 is 1.21 bits per heavy atom. The maximum atomic E-state index is 12.6. The Labute approximate surface area is 173 Å². The number of oxazole rings is 1. The molecule has 1 saturated heterocycles. The lowest BCUT2D eigenvalue weighted by Gasteiger charge is -2.15. The van der Waals surface area contributed by atoms with Crippen molar-refractivity contribution in [2.45, 2.75) is 31.1 Å². The van der Waals surface area contributed by atoms with Crippen molar-refractivity contribution in [2.75, 3.05) is 18.4 Å². The SMILES string of the molecule is Cc1oc(-c2cccs2)nc1CC(=O)Nc1ccc(S(=O)(=O)N2CCCC2)cc1. The number of amides is 1. The summed E-state index contributed by atoms with van der Waals surface area (Å²) < 4.78 is 32.3. The molecule has 0 radical (unpaired) electrons. The molecule has 0 spiro atoms. The van der Waals surface area contributed by atoms with E-state index in [0.29, 0.717) is 36.1 Å². The number of carbonyl (C=O) groups is 1. The van der Waals surface area contributed by atoms with E-state index in [-0.39, 0.29) is 17.2 Å². The van der Waals surface area contributed by atoms with Crippen LogP contribution in [0.2, 0.25) is 0 Å². The van der Waals surface area contributed by atoms with Gasteiger partial charge < -0.3 is 9.73 Å². The standard InChI is InChI=1S/C20H21N3O4S2/c1-14-17(22-20(27-14)18-5-4-12-28-18)13-19(24)21-15-6-8-16(9-7-15)29(25,26)23-10-2-3-11-23/h4-9,12H,2-3,10-11,13H2,1H3,(H,21,24). The molecule has 1 aliphatic rings. The molecule has 9 heteroatoms. The summed E-state index contributed by atoms with van der Waals surface area (Å²) in [7, 11) is -3.46. The molecule has 0 saturated carbocycles. The van der Waals surface area contributed by atoms with Crippen molar-refractivity contribution < 1.29 is 17.6 Å². The minimum Gasteiger partial charge on any atom is -0.440 e. The first-order valence-electron chi connectivity index (χ1n) is 9.34. The highest BCUT2D eigenvalue weighted by Gasteiger charge is 2.27. The zero-order valence-electron chi connectivity index (χ0n) is 15.9. The van der Waals surface area contributed by atoms with Gasteiger partial charge in [0.2, 0.25) is 21.8 Å². The summed E-state index contributed by atoms with van der Waals surface area (Å²) in [5.41, 5.74) is 1.12. The molecule has 1 aliphatic heterocycles. The largest absolute Gasteiger partial charge is 0.440 e. The van der Waals surface area contributed by atoms with E-state index in [2.05, 4.69) is 10.3 Å². The lowest BCUT2D eigenvalue weighted by atomic mass is 10.2. The highest BCUT2D eigenvalue weighted by atomic mass is 32.2. The molecule has 4 rings (SSSR count). The topological polar surface area (TPSA) is 92.5 Å². The van der Waals surface area contributed by atoms with Gasteiger partial charge in [0.1, 0.15) is 5.76 Å². The number of aromatic nitrogens is 1. The van der Waals surface area contributed by atoms with Crippen LogP contribution in [0.1, 0.15) is 24.3 Å². The molecule has 0 atom stereocenters. The molecule has 1 amide bonds. The molecule has 0 bridgehead atoms. The summed E-state index contributed by atoms with van der Waals surface area (Å²) in [6.45, 7) is 2.90. The third kappa shape index (κ3) is 4.26. The molecule has 0 unspecified atom stereocenters. The fraction of sp³-hybridized carbons (Fsp3) is 0.300. The van der Waals surface area contributed by atoms with Crippen molar-refractivity contribution in [3.8, 4) is 10.8 Å². The van der Waals surface area contributed by atoms with Gasteiger partial charge in [0.25, 0.3) is 0 Å². The van der Waals surface area contributed by atoms with Crippen LogP contribution in [0.15, 0.2) is 51.1 Å². The van der Waals surface area contributed by atoms with E-state index in [4.69, 9.17) is 4.42 Å². The van der Waals surface area contributed by atoms with E-state index in [0.717, 1.165) is 17.7 Å². The maximum Gasteiger partial charge on any atom is 0.243 e. The second-order valence-corrected chi connectivity index (χ2v) is 9.75. The van der Waals surface area contributed by atoms with Gasteiger partial charge in [0.15, 0.2) is 0 Å². The summed E-state index contributed by atoms with van der Waals surface area (Å²) in [4.78, 5) is 18.0. The molecule has 2 aromatic heterocycles. The molecule has 3 aromatic rings. The van der Waals surface area contributed by atoms with E-state index < -0.39 is 10.0 Å². The van der Waals surface area contributed by atoms with Gasteiger partial charge in [-0.1, -0.05) is 6.07 Å².